The topological polar surface area (TPSA) is 26.3 Å². The summed E-state index contributed by atoms with van der Waals surface area (Å²) in [5, 5.41) is 0. The number of carbonyl (C=O) groups excluding carboxylic acids is 1. The highest BCUT2D eigenvalue weighted by atomic mass is 16.5. The van der Waals surface area contributed by atoms with E-state index in [0.717, 1.165) is 0 Å². The Morgan fingerprint density at radius 3 is 2.57 bits per heavy atom. The van der Waals surface area contributed by atoms with E-state index in [9.17, 15) is 4.79 Å². The second-order valence-electron chi connectivity index (χ2n) is 4.47. The van der Waals surface area contributed by atoms with Gasteiger partial charge in [-0.15, -0.1) is 0 Å². The predicted octanol–water partition coefficient (Wildman–Crippen LogP) is 2.79. The van der Waals surface area contributed by atoms with Gasteiger partial charge in [0, 0.05) is 12.8 Å². The van der Waals surface area contributed by atoms with Crippen LogP contribution in [0, 0.1) is 17.8 Å². The molecule has 0 aliphatic heterocycles. The molecule has 1 aliphatic rings. The highest BCUT2D eigenvalue weighted by molar-refractivity contribution is 5.65. The number of carbonyl (C=O) groups is 1. The Hall–Kier alpha value is -0.790. The average Bonchev–Trinajstić information content (AvgIpc) is 2.43. The molecule has 0 saturated heterocycles. The maximum absolute atomic E-state index is 10.7. The summed E-state index contributed by atoms with van der Waals surface area (Å²) in [7, 11) is 0. The van der Waals surface area contributed by atoms with Crippen LogP contribution in [0.15, 0.2) is 12.2 Å². The van der Waals surface area contributed by atoms with Crippen molar-refractivity contribution in [3.05, 3.63) is 12.2 Å². The summed E-state index contributed by atoms with van der Waals surface area (Å²) in [6.07, 6.45) is 2.42. The molecule has 3 atom stereocenters. The maximum Gasteiger partial charge on any atom is 0.302 e. The van der Waals surface area contributed by atoms with Crippen LogP contribution < -0.4 is 0 Å². The van der Waals surface area contributed by atoms with Crippen molar-refractivity contribution in [2.75, 3.05) is 6.61 Å². The van der Waals surface area contributed by atoms with Crippen LogP contribution in [0.1, 0.15) is 33.6 Å². The van der Waals surface area contributed by atoms with Gasteiger partial charge in [-0.25, -0.2) is 0 Å². The van der Waals surface area contributed by atoms with Crippen LogP contribution in [0.3, 0.4) is 0 Å². The van der Waals surface area contributed by atoms with Crippen LogP contribution in [-0.4, -0.2) is 12.6 Å². The fraction of sp³-hybridized carbons (Fsp3) is 0.750. The summed E-state index contributed by atoms with van der Waals surface area (Å²) >= 11 is 0. The fourth-order valence-corrected chi connectivity index (χ4v) is 2.37. The Morgan fingerprint density at radius 1 is 1.43 bits per heavy atom. The Labute approximate surface area is 86.3 Å². The van der Waals surface area contributed by atoms with Crippen molar-refractivity contribution >= 4 is 5.97 Å². The lowest BCUT2D eigenvalue weighted by Crippen LogP contribution is -2.21. The van der Waals surface area contributed by atoms with E-state index in [2.05, 4.69) is 20.4 Å². The van der Waals surface area contributed by atoms with Gasteiger partial charge in [0.25, 0.3) is 0 Å². The first-order chi connectivity index (χ1) is 6.52. The quantitative estimate of drug-likeness (QED) is 0.512. The van der Waals surface area contributed by atoms with Gasteiger partial charge in [0.1, 0.15) is 0 Å². The molecule has 0 bridgehead atoms. The number of rotatable bonds is 3. The van der Waals surface area contributed by atoms with Gasteiger partial charge >= 0.3 is 5.97 Å². The summed E-state index contributed by atoms with van der Waals surface area (Å²) in [5.41, 5.74) is 1.23. The largest absolute Gasteiger partial charge is 0.466 e. The van der Waals surface area contributed by atoms with Crippen molar-refractivity contribution in [2.45, 2.75) is 33.6 Å². The van der Waals surface area contributed by atoms with Crippen molar-refractivity contribution < 1.29 is 9.53 Å². The smallest absolute Gasteiger partial charge is 0.302 e. The zero-order valence-electron chi connectivity index (χ0n) is 9.38. The molecule has 0 N–H and O–H groups in total. The molecule has 14 heavy (non-hydrogen) atoms. The number of esters is 1. The van der Waals surface area contributed by atoms with Gasteiger partial charge in [0.05, 0.1) is 6.61 Å². The Morgan fingerprint density at radius 2 is 2.07 bits per heavy atom. The normalized spacial score (nSPS) is 31.5. The molecule has 1 rings (SSSR count). The molecule has 0 aromatic carbocycles. The van der Waals surface area contributed by atoms with Crippen LogP contribution in [0.25, 0.3) is 0 Å². The molecule has 0 amide bonds. The van der Waals surface area contributed by atoms with Crippen molar-refractivity contribution in [1.29, 1.82) is 0 Å². The van der Waals surface area contributed by atoms with Crippen LogP contribution in [-0.2, 0) is 9.53 Å². The summed E-state index contributed by atoms with van der Waals surface area (Å²) < 4.78 is 5.10. The molecule has 1 fully saturated rings. The van der Waals surface area contributed by atoms with E-state index < -0.39 is 0 Å². The molecule has 1 saturated carbocycles. The SMILES string of the molecule is C=C(C)[C@H]1CC[C@H](C)[C@H]1COC(C)=O. The molecule has 0 aromatic rings. The third kappa shape index (κ3) is 2.60. The van der Waals surface area contributed by atoms with Crippen molar-refractivity contribution in [2.24, 2.45) is 17.8 Å². The summed E-state index contributed by atoms with van der Waals surface area (Å²) in [6.45, 7) is 10.3. The van der Waals surface area contributed by atoms with Gasteiger partial charge in [-0.3, -0.25) is 4.79 Å². The van der Waals surface area contributed by atoms with Crippen LogP contribution in [0.4, 0.5) is 0 Å². The van der Waals surface area contributed by atoms with Crippen molar-refractivity contribution in [3.8, 4) is 0 Å². The molecule has 0 unspecified atom stereocenters. The Bertz CT molecular complexity index is 232. The second kappa shape index (κ2) is 4.63. The third-order valence-corrected chi connectivity index (χ3v) is 3.29. The monoisotopic (exact) mass is 196 g/mol. The van der Waals surface area contributed by atoms with E-state index in [4.69, 9.17) is 4.74 Å². The number of allylic oxidation sites excluding steroid dienone is 1. The number of ether oxygens (including phenoxy) is 1. The molecule has 1 aliphatic carbocycles. The lowest BCUT2D eigenvalue weighted by Gasteiger charge is -2.22. The lowest BCUT2D eigenvalue weighted by molar-refractivity contribution is -0.142. The molecule has 2 heteroatoms. The van der Waals surface area contributed by atoms with E-state index >= 15 is 0 Å². The van der Waals surface area contributed by atoms with Crippen LogP contribution in [0.2, 0.25) is 0 Å². The minimum Gasteiger partial charge on any atom is -0.466 e. The van der Waals surface area contributed by atoms with Crippen LogP contribution in [0.5, 0.6) is 0 Å². The van der Waals surface area contributed by atoms with Gasteiger partial charge < -0.3 is 4.74 Å². The standard InChI is InChI=1S/C12H20O2/c1-8(2)11-6-5-9(3)12(11)7-14-10(4)13/h9,11-12H,1,5-7H2,2-4H3/t9-,11+,12+/m0/s1. The average molecular weight is 196 g/mol. The zero-order valence-corrected chi connectivity index (χ0v) is 9.38. The van der Waals surface area contributed by atoms with Crippen molar-refractivity contribution in [1.82, 2.24) is 0 Å². The highest BCUT2D eigenvalue weighted by Gasteiger charge is 2.34. The van der Waals surface area contributed by atoms with Gasteiger partial charge in [0.15, 0.2) is 0 Å². The molecular weight excluding hydrogens is 176 g/mol. The highest BCUT2D eigenvalue weighted by Crippen LogP contribution is 2.40. The van der Waals surface area contributed by atoms with E-state index in [0.29, 0.717) is 24.4 Å². The molecule has 0 radical (unpaired) electrons. The minimum absolute atomic E-state index is 0.176. The molecule has 0 aromatic heterocycles. The first kappa shape index (κ1) is 11.3. The Kier molecular flexibility index (Phi) is 3.73. The van der Waals surface area contributed by atoms with E-state index in [1.54, 1.807) is 0 Å². The first-order valence-corrected chi connectivity index (χ1v) is 5.31. The molecule has 80 valence electrons. The van der Waals surface area contributed by atoms with E-state index in [1.165, 1.54) is 25.3 Å². The fourth-order valence-electron chi connectivity index (χ4n) is 2.37. The predicted molar refractivity (Wildman–Crippen MR) is 56.8 cm³/mol. The summed E-state index contributed by atoms with van der Waals surface area (Å²) in [4.78, 5) is 10.7. The van der Waals surface area contributed by atoms with Gasteiger partial charge in [0.2, 0.25) is 0 Å². The van der Waals surface area contributed by atoms with Gasteiger partial charge in [-0.1, -0.05) is 19.1 Å². The molecular formula is C12H20O2. The van der Waals surface area contributed by atoms with Crippen molar-refractivity contribution in [3.63, 3.8) is 0 Å². The summed E-state index contributed by atoms with van der Waals surface area (Å²) in [6, 6.07) is 0. The van der Waals surface area contributed by atoms with E-state index in [1.807, 2.05) is 0 Å². The van der Waals surface area contributed by atoms with Crippen LogP contribution >= 0.6 is 0 Å². The maximum atomic E-state index is 10.7. The molecule has 2 nitrogen and oxygen atoms in total. The minimum atomic E-state index is -0.176. The molecule has 0 heterocycles. The Balaban J connectivity index is 2.53. The number of hydrogen-bond acceptors (Lipinski definition) is 2. The van der Waals surface area contributed by atoms with Gasteiger partial charge in [-0.2, -0.15) is 0 Å². The molecule has 0 spiro atoms. The number of hydrogen-bond donors (Lipinski definition) is 0. The third-order valence-electron chi connectivity index (χ3n) is 3.29. The lowest BCUT2D eigenvalue weighted by atomic mass is 9.87. The first-order valence-electron chi connectivity index (χ1n) is 5.31. The van der Waals surface area contributed by atoms with Gasteiger partial charge in [-0.05, 0) is 31.6 Å². The zero-order chi connectivity index (χ0) is 10.7. The summed E-state index contributed by atoms with van der Waals surface area (Å²) in [5.74, 6) is 1.50. The second-order valence-corrected chi connectivity index (χ2v) is 4.47. The van der Waals surface area contributed by atoms with E-state index in [-0.39, 0.29) is 5.97 Å².